The van der Waals surface area contributed by atoms with Crippen LogP contribution in [0.2, 0.25) is 0 Å². The summed E-state index contributed by atoms with van der Waals surface area (Å²) in [5, 5.41) is 12.0. The van der Waals surface area contributed by atoms with E-state index >= 15 is 0 Å². The Hall–Kier alpha value is -1.86. The summed E-state index contributed by atoms with van der Waals surface area (Å²) < 4.78 is 5.67. The molecular weight excluding hydrogens is 260 g/mol. The first-order valence-electron chi connectivity index (χ1n) is 6.66. The van der Waals surface area contributed by atoms with Gasteiger partial charge in [0.2, 0.25) is 0 Å². The third-order valence-electron chi connectivity index (χ3n) is 3.33. The third kappa shape index (κ3) is 3.58. The number of anilines is 2. The van der Waals surface area contributed by atoms with Crippen molar-refractivity contribution in [1.29, 1.82) is 0 Å². The van der Waals surface area contributed by atoms with Gasteiger partial charge in [-0.25, -0.2) is 9.78 Å². The van der Waals surface area contributed by atoms with Gasteiger partial charge >= 0.3 is 5.97 Å². The van der Waals surface area contributed by atoms with Crippen LogP contribution in [0.3, 0.4) is 0 Å². The molecule has 20 heavy (non-hydrogen) atoms. The maximum absolute atomic E-state index is 10.8. The molecule has 0 saturated carbocycles. The lowest BCUT2D eigenvalue weighted by molar-refractivity contribution is -0.0192. The highest BCUT2D eigenvalue weighted by molar-refractivity contribution is 5.89. The molecule has 0 bridgehead atoms. The number of likely N-dealkylation sites (N-methyl/N-ethyl adjacent to an activating group) is 1. The fourth-order valence-corrected chi connectivity index (χ4v) is 2.15. The molecule has 1 saturated heterocycles. The van der Waals surface area contributed by atoms with Crippen LogP contribution in [0.25, 0.3) is 0 Å². The number of rotatable bonds is 5. The predicted molar refractivity (Wildman–Crippen MR) is 76.0 cm³/mol. The van der Waals surface area contributed by atoms with Gasteiger partial charge in [-0.15, -0.1) is 0 Å². The molecule has 1 aromatic heterocycles. The number of carboxylic acid groups (broad SMARTS) is 1. The second-order valence-electron chi connectivity index (χ2n) is 4.73. The Labute approximate surface area is 117 Å². The number of hydrogen-bond acceptors (Lipinski definition) is 6. The van der Waals surface area contributed by atoms with Gasteiger partial charge in [0.1, 0.15) is 5.82 Å². The Bertz CT molecular complexity index is 481. The minimum absolute atomic E-state index is 0.0825. The first kappa shape index (κ1) is 14.5. The Morgan fingerprint density at radius 1 is 1.70 bits per heavy atom. The SMILES string of the molecule is CCN1CCOC(CNc2ncc(C(=O)O)cc2N)C1. The molecule has 110 valence electrons. The lowest BCUT2D eigenvalue weighted by Crippen LogP contribution is -2.45. The number of hydrogen-bond donors (Lipinski definition) is 3. The molecule has 0 aliphatic carbocycles. The Morgan fingerprint density at radius 2 is 2.50 bits per heavy atom. The van der Waals surface area contributed by atoms with Crippen LogP contribution in [0.5, 0.6) is 0 Å². The monoisotopic (exact) mass is 280 g/mol. The molecule has 1 atom stereocenters. The van der Waals surface area contributed by atoms with Crippen LogP contribution in [0.4, 0.5) is 11.5 Å². The number of nitrogens with zero attached hydrogens (tertiary/aromatic N) is 2. The van der Waals surface area contributed by atoms with Crippen molar-refractivity contribution in [3.63, 3.8) is 0 Å². The molecule has 7 heteroatoms. The lowest BCUT2D eigenvalue weighted by Gasteiger charge is -2.32. The van der Waals surface area contributed by atoms with Gasteiger partial charge in [0.05, 0.1) is 24.0 Å². The highest BCUT2D eigenvalue weighted by Gasteiger charge is 2.19. The summed E-state index contributed by atoms with van der Waals surface area (Å²) in [6.07, 6.45) is 1.38. The summed E-state index contributed by atoms with van der Waals surface area (Å²) in [5.41, 5.74) is 6.20. The van der Waals surface area contributed by atoms with E-state index in [0.29, 0.717) is 18.1 Å². The first-order valence-corrected chi connectivity index (χ1v) is 6.66. The van der Waals surface area contributed by atoms with Crippen molar-refractivity contribution >= 4 is 17.5 Å². The van der Waals surface area contributed by atoms with Crippen molar-refractivity contribution in [1.82, 2.24) is 9.88 Å². The maximum Gasteiger partial charge on any atom is 0.337 e. The largest absolute Gasteiger partial charge is 0.478 e. The molecule has 7 nitrogen and oxygen atoms in total. The smallest absolute Gasteiger partial charge is 0.337 e. The zero-order valence-electron chi connectivity index (χ0n) is 11.5. The van der Waals surface area contributed by atoms with Crippen LogP contribution in [-0.2, 0) is 4.74 Å². The minimum Gasteiger partial charge on any atom is -0.478 e. The van der Waals surface area contributed by atoms with Gasteiger partial charge in [0, 0.05) is 25.8 Å². The molecule has 0 spiro atoms. The summed E-state index contributed by atoms with van der Waals surface area (Å²) in [4.78, 5) is 17.2. The minimum atomic E-state index is -1.04. The zero-order chi connectivity index (χ0) is 14.5. The summed E-state index contributed by atoms with van der Waals surface area (Å²) in [6, 6.07) is 1.40. The van der Waals surface area contributed by atoms with Crippen molar-refractivity contribution in [2.75, 3.05) is 43.8 Å². The summed E-state index contributed by atoms with van der Waals surface area (Å²) in [5.74, 6) is -0.544. The van der Waals surface area contributed by atoms with Crippen LogP contribution in [-0.4, -0.2) is 59.8 Å². The molecular formula is C13H20N4O3. The highest BCUT2D eigenvalue weighted by atomic mass is 16.5. The quantitative estimate of drug-likeness (QED) is 0.721. The fraction of sp³-hybridized carbons (Fsp3) is 0.538. The molecule has 1 aliphatic heterocycles. The first-order chi connectivity index (χ1) is 9.60. The normalized spacial score (nSPS) is 19.8. The summed E-state index contributed by atoms with van der Waals surface area (Å²) >= 11 is 0. The number of pyridine rings is 1. The number of nitrogens with two attached hydrogens (primary N) is 1. The molecule has 2 heterocycles. The Kier molecular flexibility index (Phi) is 4.75. The molecule has 1 aliphatic rings. The molecule has 0 radical (unpaired) electrons. The van der Waals surface area contributed by atoms with Gasteiger partial charge in [-0.2, -0.15) is 0 Å². The van der Waals surface area contributed by atoms with Crippen LogP contribution in [0.15, 0.2) is 12.3 Å². The van der Waals surface area contributed by atoms with Crippen LogP contribution >= 0.6 is 0 Å². The molecule has 4 N–H and O–H groups in total. The van der Waals surface area contributed by atoms with Gasteiger partial charge in [0.15, 0.2) is 0 Å². The van der Waals surface area contributed by atoms with E-state index in [1.807, 2.05) is 0 Å². The summed E-state index contributed by atoms with van der Waals surface area (Å²) in [7, 11) is 0. The number of nitrogens with one attached hydrogen (secondary N) is 1. The van der Waals surface area contributed by atoms with Crippen molar-refractivity contribution in [3.8, 4) is 0 Å². The van der Waals surface area contributed by atoms with E-state index in [9.17, 15) is 4.79 Å². The number of morpholine rings is 1. The number of aromatic nitrogens is 1. The van der Waals surface area contributed by atoms with Crippen LogP contribution in [0, 0.1) is 0 Å². The van der Waals surface area contributed by atoms with Crippen LogP contribution < -0.4 is 11.1 Å². The average molecular weight is 280 g/mol. The fourth-order valence-electron chi connectivity index (χ4n) is 2.15. The molecule has 1 fully saturated rings. The van der Waals surface area contributed by atoms with Gasteiger partial charge in [-0.1, -0.05) is 6.92 Å². The third-order valence-corrected chi connectivity index (χ3v) is 3.33. The molecule has 1 unspecified atom stereocenters. The highest BCUT2D eigenvalue weighted by Crippen LogP contribution is 2.17. The van der Waals surface area contributed by atoms with E-state index in [0.717, 1.165) is 26.2 Å². The van der Waals surface area contributed by atoms with Crippen LogP contribution in [0.1, 0.15) is 17.3 Å². The van der Waals surface area contributed by atoms with E-state index < -0.39 is 5.97 Å². The van der Waals surface area contributed by atoms with E-state index in [2.05, 4.69) is 22.1 Å². The molecule has 0 amide bonds. The molecule has 2 rings (SSSR count). The topological polar surface area (TPSA) is 101 Å². The van der Waals surface area contributed by atoms with Gasteiger partial charge in [-0.05, 0) is 12.6 Å². The Morgan fingerprint density at radius 3 is 3.15 bits per heavy atom. The number of carboxylic acids is 1. The van der Waals surface area contributed by atoms with Crippen molar-refractivity contribution in [3.05, 3.63) is 17.8 Å². The van der Waals surface area contributed by atoms with Gasteiger partial charge in [-0.3, -0.25) is 4.90 Å². The van der Waals surface area contributed by atoms with Gasteiger partial charge < -0.3 is 20.9 Å². The predicted octanol–water partition coefficient (Wildman–Crippen LogP) is 0.495. The van der Waals surface area contributed by atoms with Crippen molar-refractivity contribution < 1.29 is 14.6 Å². The van der Waals surface area contributed by atoms with E-state index in [1.54, 1.807) is 0 Å². The summed E-state index contributed by atoms with van der Waals surface area (Å²) in [6.45, 7) is 6.28. The second-order valence-corrected chi connectivity index (χ2v) is 4.73. The maximum atomic E-state index is 10.8. The average Bonchev–Trinajstić information content (AvgIpc) is 2.46. The number of aromatic carboxylic acids is 1. The van der Waals surface area contributed by atoms with Crippen molar-refractivity contribution in [2.45, 2.75) is 13.0 Å². The van der Waals surface area contributed by atoms with E-state index in [-0.39, 0.29) is 11.7 Å². The molecule has 1 aromatic rings. The Balaban J connectivity index is 1.92. The number of ether oxygens (including phenoxy) is 1. The standard InChI is InChI=1S/C13H20N4O3/c1-2-17-3-4-20-10(8-17)7-16-12-11(14)5-9(6-15-12)13(18)19/h5-6,10H,2-4,7-8,14H2,1H3,(H,15,16)(H,18,19). The second kappa shape index (κ2) is 6.53. The van der Waals surface area contributed by atoms with E-state index in [4.69, 9.17) is 15.6 Å². The van der Waals surface area contributed by atoms with Crippen molar-refractivity contribution in [2.24, 2.45) is 0 Å². The van der Waals surface area contributed by atoms with Gasteiger partial charge in [0.25, 0.3) is 0 Å². The lowest BCUT2D eigenvalue weighted by atomic mass is 10.2. The van der Waals surface area contributed by atoms with E-state index in [1.165, 1.54) is 12.3 Å². The zero-order valence-corrected chi connectivity index (χ0v) is 11.5. The molecule has 0 aromatic carbocycles. The number of carbonyl (C=O) groups is 1. The number of nitrogen functional groups attached to an aromatic ring is 1.